The summed E-state index contributed by atoms with van der Waals surface area (Å²) in [7, 11) is 0. The summed E-state index contributed by atoms with van der Waals surface area (Å²) < 4.78 is 5.48. The van der Waals surface area contributed by atoms with Crippen molar-refractivity contribution in [1.29, 1.82) is 0 Å². The number of anilines is 3. The topological polar surface area (TPSA) is 48.4 Å². The third-order valence-electron chi connectivity index (χ3n) is 5.99. The maximum Gasteiger partial charge on any atom is 0.198 e. The van der Waals surface area contributed by atoms with Gasteiger partial charge in [-0.05, 0) is 48.0 Å². The van der Waals surface area contributed by atoms with Gasteiger partial charge in [0, 0.05) is 31.4 Å². The molecule has 0 bridgehead atoms. The predicted molar refractivity (Wildman–Crippen MR) is 138 cm³/mol. The van der Waals surface area contributed by atoms with Gasteiger partial charge in [-0.3, -0.25) is 9.69 Å². The normalized spacial score (nSPS) is 18.3. The number of carbonyl (C=O) groups is 1. The highest BCUT2D eigenvalue weighted by atomic mass is 35.5. The van der Waals surface area contributed by atoms with Gasteiger partial charge in [-0.25, -0.2) is 5.01 Å². The second-order valence-corrected chi connectivity index (χ2v) is 9.01. The van der Waals surface area contributed by atoms with Crippen molar-refractivity contribution in [3.63, 3.8) is 0 Å². The Kier molecular flexibility index (Phi) is 6.46. The molecule has 1 saturated heterocycles. The molecular formula is C26H24Cl2N4O2. The van der Waals surface area contributed by atoms with Crippen molar-refractivity contribution < 1.29 is 9.53 Å². The minimum absolute atomic E-state index is 0.139. The summed E-state index contributed by atoms with van der Waals surface area (Å²) in [5.74, 6) is 0.198. The SMILES string of the molecule is CC(=O)C1=NN(c2ccccc2)[C@H](c2ccc(N3CCOCC3)cc2)N1c1ccc(Cl)c(Cl)c1. The van der Waals surface area contributed by atoms with E-state index in [-0.39, 0.29) is 11.9 Å². The summed E-state index contributed by atoms with van der Waals surface area (Å²) in [5, 5.41) is 7.51. The highest BCUT2D eigenvalue weighted by Crippen LogP contribution is 2.41. The Morgan fingerprint density at radius 3 is 2.21 bits per heavy atom. The lowest BCUT2D eigenvalue weighted by atomic mass is 10.1. The lowest BCUT2D eigenvalue weighted by Gasteiger charge is -2.33. The molecule has 5 rings (SSSR count). The molecule has 0 aliphatic carbocycles. The number of Topliss-reactive ketones (excluding diaryl/α,β-unsaturated/α-hetero) is 1. The van der Waals surface area contributed by atoms with Crippen LogP contribution in [0, 0.1) is 0 Å². The van der Waals surface area contributed by atoms with E-state index in [1.165, 1.54) is 6.92 Å². The number of hydrazone groups is 1. The van der Waals surface area contributed by atoms with Gasteiger partial charge in [0.25, 0.3) is 0 Å². The number of carbonyl (C=O) groups excluding carboxylic acids is 1. The molecule has 0 saturated carbocycles. The summed E-state index contributed by atoms with van der Waals surface area (Å²) in [4.78, 5) is 16.9. The molecule has 0 radical (unpaired) electrons. The van der Waals surface area contributed by atoms with E-state index in [1.807, 2.05) is 46.3 Å². The zero-order valence-electron chi connectivity index (χ0n) is 18.7. The molecule has 1 fully saturated rings. The van der Waals surface area contributed by atoms with Crippen LogP contribution in [0.2, 0.25) is 10.0 Å². The van der Waals surface area contributed by atoms with Gasteiger partial charge < -0.3 is 9.64 Å². The van der Waals surface area contributed by atoms with E-state index in [0.717, 1.165) is 48.9 Å². The fourth-order valence-corrected chi connectivity index (χ4v) is 4.61. The van der Waals surface area contributed by atoms with Crippen molar-refractivity contribution in [3.05, 3.63) is 88.4 Å². The minimum Gasteiger partial charge on any atom is -0.378 e. The molecule has 0 N–H and O–H groups in total. The van der Waals surface area contributed by atoms with Gasteiger partial charge in [0.15, 0.2) is 17.8 Å². The molecule has 3 aromatic carbocycles. The standard InChI is InChI=1S/C26H24Cl2N4O2/c1-18(33)25-29-32(21-5-3-2-4-6-21)26(31(25)22-11-12-23(27)24(28)17-22)19-7-9-20(10-8-19)30-13-15-34-16-14-30/h2-12,17,26H,13-16H2,1H3/t26-/m1/s1. The zero-order chi connectivity index (χ0) is 23.7. The van der Waals surface area contributed by atoms with Gasteiger partial charge in [0.2, 0.25) is 0 Å². The Balaban J connectivity index is 1.60. The van der Waals surface area contributed by atoms with Gasteiger partial charge in [-0.2, -0.15) is 0 Å². The van der Waals surface area contributed by atoms with Crippen LogP contribution in [0.25, 0.3) is 0 Å². The van der Waals surface area contributed by atoms with Crippen LogP contribution in [0.1, 0.15) is 18.7 Å². The Labute approximate surface area is 208 Å². The number of rotatable bonds is 5. The summed E-state index contributed by atoms with van der Waals surface area (Å²) >= 11 is 12.5. The first-order valence-electron chi connectivity index (χ1n) is 11.1. The molecule has 0 aromatic heterocycles. The number of morpholine rings is 1. The van der Waals surface area contributed by atoms with Crippen LogP contribution >= 0.6 is 23.2 Å². The van der Waals surface area contributed by atoms with E-state index >= 15 is 0 Å². The van der Waals surface area contributed by atoms with E-state index in [1.54, 1.807) is 12.1 Å². The molecule has 2 aliphatic heterocycles. The summed E-state index contributed by atoms with van der Waals surface area (Å²) in [6.45, 7) is 4.72. The molecule has 3 aromatic rings. The van der Waals surface area contributed by atoms with Crippen LogP contribution in [-0.2, 0) is 9.53 Å². The molecule has 34 heavy (non-hydrogen) atoms. The number of ether oxygens (including phenoxy) is 1. The molecule has 6 nitrogen and oxygen atoms in total. The first-order valence-corrected chi connectivity index (χ1v) is 11.9. The van der Waals surface area contributed by atoms with Crippen LogP contribution in [0.3, 0.4) is 0 Å². The fraction of sp³-hybridized carbons (Fsp3) is 0.231. The monoisotopic (exact) mass is 494 g/mol. The predicted octanol–water partition coefficient (Wildman–Crippen LogP) is 5.76. The molecule has 1 atom stereocenters. The smallest absolute Gasteiger partial charge is 0.198 e. The second kappa shape index (κ2) is 9.66. The Bertz CT molecular complexity index is 1210. The summed E-state index contributed by atoms with van der Waals surface area (Å²) in [5.41, 5.74) is 3.76. The van der Waals surface area contributed by atoms with Gasteiger partial charge in [-0.15, -0.1) is 5.10 Å². The van der Waals surface area contributed by atoms with Crippen LogP contribution in [0.4, 0.5) is 17.1 Å². The van der Waals surface area contributed by atoms with Crippen LogP contribution < -0.4 is 14.8 Å². The van der Waals surface area contributed by atoms with Gasteiger partial charge >= 0.3 is 0 Å². The maximum atomic E-state index is 12.7. The lowest BCUT2D eigenvalue weighted by molar-refractivity contribution is -0.111. The number of hydrogen-bond acceptors (Lipinski definition) is 6. The van der Waals surface area contributed by atoms with E-state index in [9.17, 15) is 4.79 Å². The van der Waals surface area contributed by atoms with Gasteiger partial charge in [-0.1, -0.05) is 53.5 Å². The first-order chi connectivity index (χ1) is 16.5. The average Bonchev–Trinajstić information content (AvgIpc) is 3.28. The summed E-state index contributed by atoms with van der Waals surface area (Å²) in [6, 6.07) is 23.6. The van der Waals surface area contributed by atoms with E-state index < -0.39 is 0 Å². The zero-order valence-corrected chi connectivity index (χ0v) is 20.2. The third-order valence-corrected chi connectivity index (χ3v) is 6.73. The largest absolute Gasteiger partial charge is 0.378 e. The number of amidine groups is 1. The Hall–Kier alpha value is -3.06. The quantitative estimate of drug-likeness (QED) is 0.451. The van der Waals surface area contributed by atoms with Crippen molar-refractivity contribution in [2.45, 2.75) is 13.1 Å². The number of ketones is 1. The number of halogens is 2. The molecule has 0 unspecified atom stereocenters. The second-order valence-electron chi connectivity index (χ2n) is 8.19. The van der Waals surface area contributed by atoms with E-state index in [2.05, 4.69) is 29.2 Å². The molecular weight excluding hydrogens is 471 g/mol. The summed E-state index contributed by atoms with van der Waals surface area (Å²) in [6.07, 6.45) is -0.378. The van der Waals surface area contributed by atoms with Crippen molar-refractivity contribution in [2.24, 2.45) is 5.10 Å². The van der Waals surface area contributed by atoms with Gasteiger partial charge in [0.05, 0.1) is 28.9 Å². The number of nitrogens with zero attached hydrogens (tertiary/aromatic N) is 4. The van der Waals surface area contributed by atoms with Crippen LogP contribution in [0.15, 0.2) is 77.9 Å². The fourth-order valence-electron chi connectivity index (χ4n) is 4.32. The molecule has 0 spiro atoms. The van der Waals surface area contributed by atoms with Crippen molar-refractivity contribution >= 4 is 51.9 Å². The van der Waals surface area contributed by atoms with E-state index in [4.69, 9.17) is 33.0 Å². The average molecular weight is 495 g/mol. The van der Waals surface area contributed by atoms with Crippen LogP contribution in [-0.4, -0.2) is 37.9 Å². The molecule has 2 heterocycles. The number of hydrogen-bond donors (Lipinski definition) is 0. The first kappa shape index (κ1) is 22.7. The number of para-hydroxylation sites is 1. The molecule has 2 aliphatic rings. The van der Waals surface area contributed by atoms with Crippen LogP contribution in [0.5, 0.6) is 0 Å². The molecule has 8 heteroatoms. The molecule has 174 valence electrons. The van der Waals surface area contributed by atoms with Crippen molar-refractivity contribution in [3.8, 4) is 0 Å². The Morgan fingerprint density at radius 2 is 1.56 bits per heavy atom. The highest BCUT2D eigenvalue weighted by Gasteiger charge is 2.39. The number of benzene rings is 3. The third kappa shape index (κ3) is 4.37. The molecule has 0 amide bonds. The Morgan fingerprint density at radius 1 is 0.882 bits per heavy atom. The van der Waals surface area contributed by atoms with Gasteiger partial charge in [0.1, 0.15) is 0 Å². The maximum absolute atomic E-state index is 12.7. The minimum atomic E-state index is -0.378. The van der Waals surface area contributed by atoms with Crippen molar-refractivity contribution in [2.75, 3.05) is 41.1 Å². The van der Waals surface area contributed by atoms with E-state index in [0.29, 0.717) is 15.9 Å². The lowest BCUT2D eigenvalue weighted by Crippen LogP contribution is -2.38. The highest BCUT2D eigenvalue weighted by molar-refractivity contribution is 6.45. The van der Waals surface area contributed by atoms with Crippen molar-refractivity contribution in [1.82, 2.24) is 0 Å².